The molecule has 0 amide bonds. The molecular formula is C25H27F3N4O3Si. The van der Waals surface area contributed by atoms with Crippen LogP contribution in [0.15, 0.2) is 40.1 Å². The van der Waals surface area contributed by atoms with Gasteiger partial charge in [-0.3, -0.25) is 9.59 Å². The summed E-state index contributed by atoms with van der Waals surface area (Å²) in [6, 6.07) is 4.46. The van der Waals surface area contributed by atoms with Crippen LogP contribution in [0.25, 0.3) is 10.8 Å². The molecule has 5 rings (SSSR count). The van der Waals surface area contributed by atoms with Crippen LogP contribution in [0, 0.1) is 5.82 Å². The molecule has 7 nitrogen and oxygen atoms in total. The fraction of sp³-hybridized carbons (Fsp3) is 0.480. The molecule has 2 saturated heterocycles. The van der Waals surface area contributed by atoms with E-state index in [2.05, 4.69) is 24.3 Å². The first-order valence-corrected chi connectivity index (χ1v) is 12.9. The molecule has 4 heterocycles. The number of nitrogens with one attached hydrogen (secondary N) is 1. The molecule has 2 radical (unpaired) electrons. The minimum absolute atomic E-state index is 0.00655. The molecule has 11 heteroatoms. The molecule has 190 valence electrons. The van der Waals surface area contributed by atoms with Crippen LogP contribution in [0.3, 0.4) is 0 Å². The minimum atomic E-state index is -2.94. The Labute approximate surface area is 208 Å². The van der Waals surface area contributed by atoms with Gasteiger partial charge in [-0.2, -0.15) is 5.10 Å². The van der Waals surface area contributed by atoms with Crippen molar-refractivity contribution in [3.05, 3.63) is 68.1 Å². The Morgan fingerprint density at radius 1 is 1.22 bits per heavy atom. The first-order chi connectivity index (χ1) is 16.9. The smallest absolute Gasteiger partial charge is 0.274 e. The normalized spacial score (nSPS) is 23.8. The molecule has 2 fully saturated rings. The first-order valence-electron chi connectivity index (χ1n) is 11.8. The Morgan fingerprint density at radius 2 is 1.94 bits per heavy atom. The van der Waals surface area contributed by atoms with Crippen molar-refractivity contribution in [3.8, 4) is 0 Å². The van der Waals surface area contributed by atoms with E-state index in [0.717, 1.165) is 23.6 Å². The van der Waals surface area contributed by atoms with Gasteiger partial charge in [0.05, 0.1) is 32.1 Å². The molecular weight excluding hydrogens is 489 g/mol. The quantitative estimate of drug-likeness (QED) is 0.512. The fourth-order valence-electron chi connectivity index (χ4n) is 5.33. The zero-order valence-corrected chi connectivity index (χ0v) is 21.4. The number of alkyl halides is 2. The topological polar surface area (TPSA) is 78.2 Å². The maximum absolute atomic E-state index is 14.8. The second-order valence-electron chi connectivity index (χ2n) is 10.3. The number of aromatic nitrogens is 3. The van der Waals surface area contributed by atoms with Crippen LogP contribution in [0.2, 0.25) is 5.04 Å². The first kappa shape index (κ1) is 24.8. The van der Waals surface area contributed by atoms with Crippen molar-refractivity contribution in [1.82, 2.24) is 14.3 Å². The summed E-state index contributed by atoms with van der Waals surface area (Å²) in [7, 11) is 2.01. The van der Waals surface area contributed by atoms with Crippen molar-refractivity contribution < 1.29 is 17.9 Å². The van der Waals surface area contributed by atoms with Crippen LogP contribution in [-0.2, 0) is 11.8 Å². The van der Waals surface area contributed by atoms with E-state index in [0.29, 0.717) is 21.5 Å². The number of rotatable bonds is 5. The van der Waals surface area contributed by atoms with Crippen LogP contribution >= 0.6 is 0 Å². The molecule has 1 N–H and O–H groups in total. The van der Waals surface area contributed by atoms with E-state index >= 15 is 0 Å². The molecule has 0 aliphatic carbocycles. The number of hydrogen-bond donors (Lipinski definition) is 1. The number of pyridine rings is 1. The minimum Gasteiger partial charge on any atom is -0.376 e. The van der Waals surface area contributed by atoms with Gasteiger partial charge in [0.1, 0.15) is 5.82 Å². The highest BCUT2D eigenvalue weighted by atomic mass is 28.2. The lowest BCUT2D eigenvalue weighted by Gasteiger charge is -2.36. The van der Waals surface area contributed by atoms with Crippen molar-refractivity contribution in [2.45, 2.75) is 62.4 Å². The van der Waals surface area contributed by atoms with E-state index in [1.54, 1.807) is 17.7 Å². The molecule has 1 unspecified atom stereocenters. The summed E-state index contributed by atoms with van der Waals surface area (Å²) in [4.78, 5) is 25.9. The number of aryl methyl sites for hydroxylation is 1. The van der Waals surface area contributed by atoms with Crippen molar-refractivity contribution in [3.63, 3.8) is 0 Å². The molecule has 1 spiro atoms. The number of anilines is 1. The summed E-state index contributed by atoms with van der Waals surface area (Å²) in [5, 5.41) is 8.00. The molecule has 2 aliphatic heterocycles. The molecule has 3 atom stereocenters. The third-order valence-electron chi connectivity index (χ3n) is 7.15. The number of ether oxygens (including phenoxy) is 1. The van der Waals surface area contributed by atoms with Crippen molar-refractivity contribution in [1.29, 1.82) is 0 Å². The second kappa shape index (κ2) is 8.58. The largest absolute Gasteiger partial charge is 0.376 e. The van der Waals surface area contributed by atoms with Crippen molar-refractivity contribution >= 4 is 26.1 Å². The van der Waals surface area contributed by atoms with Gasteiger partial charge >= 0.3 is 0 Å². The predicted molar refractivity (Wildman–Crippen MR) is 131 cm³/mol. The zero-order chi connectivity index (χ0) is 26.0. The fourth-order valence-corrected chi connectivity index (χ4v) is 7.29. The van der Waals surface area contributed by atoms with Crippen LogP contribution in [0.1, 0.15) is 62.9 Å². The van der Waals surface area contributed by atoms with Gasteiger partial charge in [-0.15, -0.1) is 0 Å². The average molecular weight is 517 g/mol. The van der Waals surface area contributed by atoms with Crippen LogP contribution < -0.4 is 16.4 Å². The SMILES string of the molecule is C[C@@H](Nc1nn(C)c(=O)c2cc(=O)n(C3[Si][C@]34CCOC(C)(C)C4)cc12)c1cccc(C(F)F)c1F. The highest BCUT2D eigenvalue weighted by molar-refractivity contribution is 6.55. The maximum Gasteiger partial charge on any atom is 0.274 e. The van der Waals surface area contributed by atoms with Gasteiger partial charge in [-0.1, -0.05) is 18.2 Å². The molecule has 0 saturated carbocycles. The zero-order valence-electron chi connectivity index (χ0n) is 20.4. The summed E-state index contributed by atoms with van der Waals surface area (Å²) in [5.41, 5.74) is -1.58. The lowest BCUT2D eigenvalue weighted by atomic mass is 9.88. The Bertz CT molecular complexity index is 1470. The van der Waals surface area contributed by atoms with Gasteiger partial charge in [0, 0.05) is 42.5 Å². The molecule has 0 bridgehead atoms. The van der Waals surface area contributed by atoms with Crippen molar-refractivity contribution in [2.24, 2.45) is 7.05 Å². The summed E-state index contributed by atoms with van der Waals surface area (Å²) >= 11 is 0. The Morgan fingerprint density at radius 3 is 2.64 bits per heavy atom. The van der Waals surface area contributed by atoms with E-state index in [9.17, 15) is 22.8 Å². The van der Waals surface area contributed by atoms with E-state index < -0.39 is 29.4 Å². The summed E-state index contributed by atoms with van der Waals surface area (Å²) in [6.07, 6.45) is 0.414. The second-order valence-corrected chi connectivity index (χ2v) is 12.1. The number of hydrogen-bond acceptors (Lipinski definition) is 5. The van der Waals surface area contributed by atoms with Crippen LogP contribution in [0.5, 0.6) is 0 Å². The summed E-state index contributed by atoms with van der Waals surface area (Å²) in [5.74, 6) is -0.720. The highest BCUT2D eigenvalue weighted by Gasteiger charge is 2.59. The van der Waals surface area contributed by atoms with Gasteiger partial charge in [-0.05, 0) is 38.7 Å². The summed E-state index contributed by atoms with van der Waals surface area (Å²) < 4.78 is 49.9. The summed E-state index contributed by atoms with van der Waals surface area (Å²) in [6.45, 7) is 6.37. The van der Waals surface area contributed by atoms with Gasteiger partial charge in [0.15, 0.2) is 5.82 Å². The maximum atomic E-state index is 14.8. The van der Waals surface area contributed by atoms with Crippen molar-refractivity contribution in [2.75, 3.05) is 11.9 Å². The van der Waals surface area contributed by atoms with Gasteiger partial charge in [0.25, 0.3) is 17.5 Å². The third-order valence-corrected chi connectivity index (χ3v) is 9.22. The molecule has 36 heavy (non-hydrogen) atoms. The van der Waals surface area contributed by atoms with E-state index in [1.807, 2.05) is 0 Å². The van der Waals surface area contributed by atoms with E-state index in [-0.39, 0.29) is 38.6 Å². The average Bonchev–Trinajstić information content (AvgIpc) is 3.47. The number of benzene rings is 1. The Balaban J connectivity index is 1.56. The third kappa shape index (κ3) is 4.17. The standard InChI is InChI=1S/C25H27F3N4O3Si/c1-13(14-6-5-7-15(19(14)26)20(27)28)29-21-17-11-32(18(33)10-16(17)22(34)31(4)30-21)23-25(36-23)8-9-35-24(2,3)12-25/h5-7,10-11,13,20,23H,8-9,12H2,1-4H3,(H,29,30)/t13-,23?,25+/m1/s1. The highest BCUT2D eigenvalue weighted by Crippen LogP contribution is 2.64. The van der Waals surface area contributed by atoms with Gasteiger partial charge in [0.2, 0.25) is 0 Å². The molecule has 2 aliphatic rings. The lowest BCUT2D eigenvalue weighted by Crippen LogP contribution is -2.34. The predicted octanol–water partition coefficient (Wildman–Crippen LogP) is 4.31. The van der Waals surface area contributed by atoms with Crippen LogP contribution in [0.4, 0.5) is 19.0 Å². The molecule has 1 aromatic carbocycles. The number of nitrogens with zero attached hydrogens (tertiary/aromatic N) is 3. The van der Waals surface area contributed by atoms with Gasteiger partial charge < -0.3 is 14.6 Å². The Hall–Kier alpha value is -2.92. The van der Waals surface area contributed by atoms with E-state index in [4.69, 9.17) is 4.74 Å². The van der Waals surface area contributed by atoms with E-state index in [1.165, 1.54) is 25.2 Å². The van der Waals surface area contributed by atoms with Crippen LogP contribution in [-0.4, -0.2) is 36.1 Å². The van der Waals surface area contributed by atoms with Gasteiger partial charge in [-0.25, -0.2) is 17.9 Å². The Kier molecular flexibility index (Phi) is 5.90. The number of halogens is 3. The molecule has 2 aromatic heterocycles. The molecule has 3 aromatic rings. The number of fused-ring (bicyclic) bond motifs is 1. The monoisotopic (exact) mass is 516 g/mol. The lowest BCUT2D eigenvalue weighted by molar-refractivity contribution is -0.0633.